The number of unbranched alkanes of at least 4 members (excludes halogenated alkanes) is 47. The van der Waals surface area contributed by atoms with Crippen LogP contribution in [0.4, 0.5) is 0 Å². The molecule has 0 saturated carbocycles. The average Bonchev–Trinajstić information content (AvgIpc) is 3.42. The first kappa shape index (κ1) is 74.1. The van der Waals surface area contributed by atoms with E-state index in [4.69, 9.17) is 4.74 Å². The van der Waals surface area contributed by atoms with E-state index in [1.165, 1.54) is 289 Å². The van der Waals surface area contributed by atoms with Crippen molar-refractivity contribution in [2.24, 2.45) is 0 Å². The summed E-state index contributed by atoms with van der Waals surface area (Å²) in [6, 6.07) is -0.542. The third-order valence-electron chi connectivity index (χ3n) is 15.9. The number of hydrogen-bond donors (Lipinski definition) is 3. The standard InChI is InChI=1S/C70H133NO5/c1-3-5-7-9-11-13-15-17-19-35-38-42-46-50-54-58-62-68(73)67(66-72)71-69(74)63-59-55-51-47-43-39-36-32-30-28-26-24-22-20-21-23-25-27-29-31-33-37-41-45-49-53-57-61-65-76-70(75)64-60-56-52-48-44-40-34-18-16-14-12-10-8-6-4-2/h12,14,18,20-21,34,67-68,72-73H,3-11,13,15-17,19,22-33,35-66H2,1-2H3,(H,71,74)/b14-12-,21-20-,34-18-. The fourth-order valence-electron chi connectivity index (χ4n) is 10.7. The Labute approximate surface area is 474 Å². The highest BCUT2D eigenvalue weighted by molar-refractivity contribution is 5.76. The molecule has 3 N–H and O–H groups in total. The molecule has 0 aromatic rings. The van der Waals surface area contributed by atoms with Gasteiger partial charge in [0.1, 0.15) is 0 Å². The van der Waals surface area contributed by atoms with E-state index in [9.17, 15) is 19.8 Å². The molecule has 0 aliphatic heterocycles. The first-order valence-electron chi connectivity index (χ1n) is 34.2. The normalized spacial score (nSPS) is 12.7. The molecule has 2 unspecified atom stereocenters. The SMILES string of the molecule is CCCCC/C=C\C/C=C\CCCCCCCC(=O)OCCCCCCCCCCCCCC/C=C\CCCCCCCCCCCCCCC(=O)NC(CO)C(O)CCCCCCCCCCCCCCCCCC. The lowest BCUT2D eigenvalue weighted by Crippen LogP contribution is -2.45. The van der Waals surface area contributed by atoms with Crippen LogP contribution < -0.4 is 5.32 Å². The van der Waals surface area contributed by atoms with E-state index in [-0.39, 0.29) is 18.5 Å². The molecule has 0 heterocycles. The Morgan fingerprint density at radius 3 is 1.04 bits per heavy atom. The average molecular weight is 1070 g/mol. The van der Waals surface area contributed by atoms with Crippen molar-refractivity contribution in [2.45, 2.75) is 386 Å². The van der Waals surface area contributed by atoms with E-state index in [0.717, 1.165) is 51.4 Å². The first-order chi connectivity index (χ1) is 37.5. The van der Waals surface area contributed by atoms with E-state index in [1.807, 2.05) is 0 Å². The monoisotopic (exact) mass is 1070 g/mol. The van der Waals surface area contributed by atoms with Gasteiger partial charge in [0.15, 0.2) is 0 Å². The molecule has 0 aromatic carbocycles. The van der Waals surface area contributed by atoms with Crippen molar-refractivity contribution in [1.82, 2.24) is 5.32 Å². The number of allylic oxidation sites excluding steroid dienone is 6. The Morgan fingerprint density at radius 1 is 0.368 bits per heavy atom. The highest BCUT2D eigenvalue weighted by Gasteiger charge is 2.20. The number of nitrogens with one attached hydrogen (secondary N) is 1. The second-order valence-corrected chi connectivity index (χ2v) is 23.5. The largest absolute Gasteiger partial charge is 0.466 e. The van der Waals surface area contributed by atoms with Gasteiger partial charge in [0.2, 0.25) is 5.91 Å². The maximum atomic E-state index is 12.5. The second-order valence-electron chi connectivity index (χ2n) is 23.5. The van der Waals surface area contributed by atoms with E-state index in [1.54, 1.807) is 0 Å². The lowest BCUT2D eigenvalue weighted by atomic mass is 10.0. The third-order valence-corrected chi connectivity index (χ3v) is 15.9. The minimum Gasteiger partial charge on any atom is -0.466 e. The molecule has 0 aromatic heterocycles. The fraction of sp³-hybridized carbons (Fsp3) is 0.886. The molecule has 448 valence electrons. The summed E-state index contributed by atoms with van der Waals surface area (Å²) < 4.78 is 5.48. The van der Waals surface area contributed by atoms with Crippen molar-refractivity contribution in [2.75, 3.05) is 13.2 Å². The number of carbonyl (C=O) groups is 2. The molecule has 0 aliphatic rings. The van der Waals surface area contributed by atoms with Gasteiger partial charge in [-0.1, -0.05) is 314 Å². The van der Waals surface area contributed by atoms with Crippen molar-refractivity contribution in [3.05, 3.63) is 36.5 Å². The molecular formula is C70H133NO5. The molecular weight excluding hydrogens is 935 g/mol. The molecule has 1 amide bonds. The summed E-state index contributed by atoms with van der Waals surface area (Å²) in [5.41, 5.74) is 0. The molecule has 6 heteroatoms. The smallest absolute Gasteiger partial charge is 0.305 e. The van der Waals surface area contributed by atoms with Gasteiger partial charge >= 0.3 is 5.97 Å². The zero-order valence-corrected chi connectivity index (χ0v) is 51.3. The fourth-order valence-corrected chi connectivity index (χ4v) is 10.7. The number of aliphatic hydroxyl groups excluding tert-OH is 2. The van der Waals surface area contributed by atoms with E-state index >= 15 is 0 Å². The van der Waals surface area contributed by atoms with Crippen LogP contribution in [-0.2, 0) is 14.3 Å². The Balaban J connectivity index is 3.38. The van der Waals surface area contributed by atoms with Crippen LogP contribution in [0.25, 0.3) is 0 Å². The number of aliphatic hydroxyl groups is 2. The first-order valence-corrected chi connectivity index (χ1v) is 34.2. The lowest BCUT2D eigenvalue weighted by Gasteiger charge is -2.22. The quantitative estimate of drug-likeness (QED) is 0.0320. The molecule has 0 fully saturated rings. The minimum absolute atomic E-state index is 0.00209. The molecule has 0 spiro atoms. The Kier molecular flexibility index (Phi) is 63.9. The highest BCUT2D eigenvalue weighted by atomic mass is 16.5. The maximum Gasteiger partial charge on any atom is 0.305 e. The maximum absolute atomic E-state index is 12.5. The molecule has 0 rings (SSSR count). The number of amides is 1. The summed E-state index contributed by atoms with van der Waals surface area (Å²) in [5, 5.41) is 23.3. The van der Waals surface area contributed by atoms with Gasteiger partial charge in [-0.2, -0.15) is 0 Å². The van der Waals surface area contributed by atoms with E-state index in [2.05, 4.69) is 55.6 Å². The van der Waals surface area contributed by atoms with Crippen LogP contribution in [0.5, 0.6) is 0 Å². The van der Waals surface area contributed by atoms with Crippen molar-refractivity contribution in [3.63, 3.8) is 0 Å². The van der Waals surface area contributed by atoms with Gasteiger partial charge < -0.3 is 20.3 Å². The second kappa shape index (κ2) is 65.6. The molecule has 0 bridgehead atoms. The summed E-state index contributed by atoms with van der Waals surface area (Å²) in [4.78, 5) is 24.6. The van der Waals surface area contributed by atoms with Gasteiger partial charge in [0.05, 0.1) is 25.4 Å². The Morgan fingerprint density at radius 2 is 0.658 bits per heavy atom. The third kappa shape index (κ3) is 61.3. The van der Waals surface area contributed by atoms with Crippen molar-refractivity contribution < 1.29 is 24.5 Å². The van der Waals surface area contributed by atoms with Crippen LogP contribution in [0.3, 0.4) is 0 Å². The van der Waals surface area contributed by atoms with Crippen molar-refractivity contribution >= 4 is 11.9 Å². The lowest BCUT2D eigenvalue weighted by molar-refractivity contribution is -0.143. The van der Waals surface area contributed by atoms with Crippen LogP contribution >= 0.6 is 0 Å². The van der Waals surface area contributed by atoms with Crippen molar-refractivity contribution in [1.29, 1.82) is 0 Å². The Hall–Kier alpha value is -1.92. The number of rotatable bonds is 64. The molecule has 0 radical (unpaired) electrons. The van der Waals surface area contributed by atoms with Crippen molar-refractivity contribution in [3.8, 4) is 0 Å². The van der Waals surface area contributed by atoms with Gasteiger partial charge in [0.25, 0.3) is 0 Å². The van der Waals surface area contributed by atoms with Crippen LogP contribution in [0.2, 0.25) is 0 Å². The predicted molar refractivity (Wildman–Crippen MR) is 333 cm³/mol. The van der Waals surface area contributed by atoms with Crippen LogP contribution in [-0.4, -0.2) is 47.4 Å². The minimum atomic E-state index is -0.664. The van der Waals surface area contributed by atoms with Gasteiger partial charge in [-0.15, -0.1) is 0 Å². The zero-order chi connectivity index (χ0) is 55.0. The van der Waals surface area contributed by atoms with Gasteiger partial charge in [-0.25, -0.2) is 0 Å². The molecule has 2 atom stereocenters. The van der Waals surface area contributed by atoms with Gasteiger partial charge in [-0.3, -0.25) is 9.59 Å². The summed E-state index contributed by atoms with van der Waals surface area (Å²) >= 11 is 0. The summed E-state index contributed by atoms with van der Waals surface area (Å²) in [7, 11) is 0. The van der Waals surface area contributed by atoms with E-state index < -0.39 is 12.1 Å². The van der Waals surface area contributed by atoms with Crippen LogP contribution in [0.1, 0.15) is 373 Å². The molecule has 6 nitrogen and oxygen atoms in total. The van der Waals surface area contributed by atoms with Gasteiger partial charge in [-0.05, 0) is 83.5 Å². The van der Waals surface area contributed by atoms with Crippen LogP contribution in [0.15, 0.2) is 36.5 Å². The summed E-state index contributed by atoms with van der Waals surface area (Å²) in [6.07, 6.45) is 83.2. The predicted octanol–water partition coefficient (Wildman–Crippen LogP) is 21.9. The van der Waals surface area contributed by atoms with Crippen LogP contribution in [0, 0.1) is 0 Å². The molecule has 0 aliphatic carbocycles. The zero-order valence-electron chi connectivity index (χ0n) is 51.3. The number of carbonyl (C=O) groups excluding carboxylic acids is 2. The molecule has 76 heavy (non-hydrogen) atoms. The molecule has 0 saturated heterocycles. The summed E-state index contributed by atoms with van der Waals surface area (Å²) in [6.45, 7) is 4.95. The Bertz CT molecular complexity index is 1230. The topological polar surface area (TPSA) is 95.9 Å². The number of ether oxygens (including phenoxy) is 1. The van der Waals surface area contributed by atoms with E-state index in [0.29, 0.717) is 25.9 Å². The number of hydrogen-bond acceptors (Lipinski definition) is 5. The highest BCUT2D eigenvalue weighted by Crippen LogP contribution is 2.18. The van der Waals surface area contributed by atoms with Gasteiger partial charge in [0, 0.05) is 12.8 Å². The summed E-state index contributed by atoms with van der Waals surface area (Å²) in [5.74, 6) is -0.0303. The number of esters is 1.